The minimum Gasteiger partial charge on any atom is -0.465 e. The number of hydrogen-bond acceptors (Lipinski definition) is 4. The summed E-state index contributed by atoms with van der Waals surface area (Å²) in [6.45, 7) is 1.46. The number of rotatable bonds is 3. The van der Waals surface area contributed by atoms with Crippen molar-refractivity contribution < 1.29 is 9.21 Å². The first kappa shape index (κ1) is 12.7. The lowest BCUT2D eigenvalue weighted by Crippen LogP contribution is -2.40. The fourth-order valence-electron chi connectivity index (χ4n) is 2.42. The Kier molecular flexibility index (Phi) is 3.62. The summed E-state index contributed by atoms with van der Waals surface area (Å²) in [5.41, 5.74) is 0. The van der Waals surface area contributed by atoms with Gasteiger partial charge in [-0.15, -0.1) is 0 Å². The lowest BCUT2D eigenvalue weighted by Gasteiger charge is -2.31. The van der Waals surface area contributed by atoms with Gasteiger partial charge in [0.2, 0.25) is 5.91 Å². The largest absolute Gasteiger partial charge is 0.465 e. The highest BCUT2D eigenvalue weighted by Crippen LogP contribution is 2.20. The highest BCUT2D eigenvalue weighted by atomic mass is 16.3. The summed E-state index contributed by atoms with van der Waals surface area (Å²) in [5.74, 6) is 0.689. The van der Waals surface area contributed by atoms with Gasteiger partial charge in [0.25, 0.3) is 0 Å². The van der Waals surface area contributed by atoms with E-state index in [0.717, 1.165) is 19.4 Å². The second kappa shape index (κ2) is 5.73. The average Bonchev–Trinajstić information content (AvgIpc) is 3.18. The Labute approximate surface area is 116 Å². The van der Waals surface area contributed by atoms with Crippen molar-refractivity contribution in [1.29, 1.82) is 0 Å². The minimum absolute atomic E-state index is 0.00575. The van der Waals surface area contributed by atoms with Crippen LogP contribution in [-0.2, 0) is 4.79 Å². The first-order valence-electron chi connectivity index (χ1n) is 6.67. The van der Waals surface area contributed by atoms with Crippen molar-refractivity contribution in [2.75, 3.05) is 13.1 Å². The Hall–Kier alpha value is -2.37. The standard InChI is InChI=1S/C14H16N4O2/c19-14(6-5-13-4-2-8-20-13)17-7-1-3-12(9-17)18-11-15-10-16-18/h2,4-6,8,10-12H,1,3,7,9H2/b6-5+/t12-/m1/s1. The molecule has 1 amide bonds. The molecular weight excluding hydrogens is 256 g/mol. The van der Waals surface area contributed by atoms with Crippen molar-refractivity contribution in [2.45, 2.75) is 18.9 Å². The number of nitrogens with zero attached hydrogens (tertiary/aromatic N) is 4. The van der Waals surface area contributed by atoms with Gasteiger partial charge < -0.3 is 9.32 Å². The van der Waals surface area contributed by atoms with E-state index in [1.807, 2.05) is 15.6 Å². The maximum Gasteiger partial charge on any atom is 0.246 e. The molecule has 2 aromatic heterocycles. The number of piperidine rings is 1. The first-order valence-corrected chi connectivity index (χ1v) is 6.67. The summed E-state index contributed by atoms with van der Waals surface area (Å²) in [6.07, 6.45) is 10.1. The van der Waals surface area contributed by atoms with Gasteiger partial charge in [-0.2, -0.15) is 5.10 Å². The molecule has 0 aromatic carbocycles. The number of carbonyl (C=O) groups excluding carboxylic acids is 1. The Morgan fingerprint density at radius 3 is 3.20 bits per heavy atom. The smallest absolute Gasteiger partial charge is 0.246 e. The maximum atomic E-state index is 12.2. The molecule has 3 heterocycles. The van der Waals surface area contributed by atoms with Crippen LogP contribution in [0.1, 0.15) is 24.6 Å². The van der Waals surface area contributed by atoms with E-state index in [1.54, 1.807) is 30.8 Å². The van der Waals surface area contributed by atoms with Crippen LogP contribution in [0, 0.1) is 0 Å². The Morgan fingerprint density at radius 2 is 2.45 bits per heavy atom. The van der Waals surface area contributed by atoms with E-state index in [-0.39, 0.29) is 11.9 Å². The van der Waals surface area contributed by atoms with Gasteiger partial charge >= 0.3 is 0 Å². The average molecular weight is 272 g/mol. The third kappa shape index (κ3) is 2.79. The molecule has 0 saturated carbocycles. The molecule has 6 heteroatoms. The number of aromatic nitrogens is 3. The number of amides is 1. The van der Waals surface area contributed by atoms with Gasteiger partial charge in [-0.3, -0.25) is 4.79 Å². The molecule has 6 nitrogen and oxygen atoms in total. The zero-order valence-electron chi connectivity index (χ0n) is 11.1. The molecule has 3 rings (SSSR count). The predicted molar refractivity (Wildman–Crippen MR) is 72.6 cm³/mol. The molecule has 20 heavy (non-hydrogen) atoms. The molecule has 1 atom stereocenters. The molecule has 1 aliphatic rings. The SMILES string of the molecule is O=C(/C=C/c1ccco1)N1CCC[C@@H](n2cncn2)C1. The molecule has 0 aliphatic carbocycles. The monoisotopic (exact) mass is 272 g/mol. The highest BCUT2D eigenvalue weighted by molar-refractivity contribution is 5.91. The highest BCUT2D eigenvalue weighted by Gasteiger charge is 2.23. The molecule has 0 radical (unpaired) electrons. The predicted octanol–water partition coefficient (Wildman–Crippen LogP) is 1.75. The van der Waals surface area contributed by atoms with Crippen LogP contribution in [0.25, 0.3) is 6.08 Å². The van der Waals surface area contributed by atoms with E-state index in [9.17, 15) is 4.79 Å². The first-order chi connectivity index (χ1) is 9.83. The van der Waals surface area contributed by atoms with Crippen LogP contribution in [0.15, 0.2) is 41.5 Å². The number of furan rings is 1. The molecule has 104 valence electrons. The van der Waals surface area contributed by atoms with E-state index in [0.29, 0.717) is 12.3 Å². The van der Waals surface area contributed by atoms with Gasteiger partial charge in [0, 0.05) is 19.2 Å². The summed E-state index contributed by atoms with van der Waals surface area (Å²) >= 11 is 0. The van der Waals surface area contributed by atoms with Gasteiger partial charge in [-0.1, -0.05) is 0 Å². The van der Waals surface area contributed by atoms with Crippen molar-refractivity contribution in [3.8, 4) is 0 Å². The molecule has 2 aromatic rings. The molecule has 0 N–H and O–H groups in total. The van der Waals surface area contributed by atoms with Gasteiger partial charge in [-0.25, -0.2) is 9.67 Å². The van der Waals surface area contributed by atoms with Crippen LogP contribution in [0.2, 0.25) is 0 Å². The second-order valence-corrected chi connectivity index (χ2v) is 4.80. The molecular formula is C14H16N4O2. The van der Waals surface area contributed by atoms with E-state index < -0.39 is 0 Å². The molecule has 1 fully saturated rings. The minimum atomic E-state index is 0.00575. The van der Waals surface area contributed by atoms with E-state index >= 15 is 0 Å². The van der Waals surface area contributed by atoms with Crippen LogP contribution in [-0.4, -0.2) is 38.7 Å². The molecule has 0 spiro atoms. The Bertz CT molecular complexity index is 574. The van der Waals surface area contributed by atoms with Crippen LogP contribution in [0.4, 0.5) is 0 Å². The third-order valence-corrected chi connectivity index (χ3v) is 3.45. The quantitative estimate of drug-likeness (QED) is 0.798. The molecule has 1 saturated heterocycles. The van der Waals surface area contributed by atoms with E-state index in [4.69, 9.17) is 4.42 Å². The van der Waals surface area contributed by atoms with Crippen molar-refractivity contribution in [1.82, 2.24) is 19.7 Å². The normalized spacial score (nSPS) is 19.6. The van der Waals surface area contributed by atoms with Crippen molar-refractivity contribution in [2.24, 2.45) is 0 Å². The third-order valence-electron chi connectivity index (χ3n) is 3.45. The fraction of sp³-hybridized carbons (Fsp3) is 0.357. The van der Waals surface area contributed by atoms with Crippen LogP contribution >= 0.6 is 0 Å². The molecule has 0 unspecified atom stereocenters. The van der Waals surface area contributed by atoms with Crippen molar-refractivity contribution in [3.63, 3.8) is 0 Å². The summed E-state index contributed by atoms with van der Waals surface area (Å²) < 4.78 is 7.00. The number of hydrogen-bond donors (Lipinski definition) is 0. The second-order valence-electron chi connectivity index (χ2n) is 4.80. The summed E-state index contributed by atoms with van der Waals surface area (Å²) in [4.78, 5) is 18.0. The van der Waals surface area contributed by atoms with Gasteiger partial charge in [-0.05, 0) is 31.1 Å². The summed E-state index contributed by atoms with van der Waals surface area (Å²) in [5, 5.41) is 4.15. The maximum absolute atomic E-state index is 12.2. The van der Waals surface area contributed by atoms with Gasteiger partial charge in [0.15, 0.2) is 0 Å². The molecule has 0 bridgehead atoms. The number of carbonyl (C=O) groups is 1. The summed E-state index contributed by atoms with van der Waals surface area (Å²) in [6, 6.07) is 3.83. The lowest BCUT2D eigenvalue weighted by molar-refractivity contribution is -0.127. The zero-order valence-corrected chi connectivity index (χ0v) is 11.1. The van der Waals surface area contributed by atoms with Crippen molar-refractivity contribution >= 4 is 12.0 Å². The Balaban J connectivity index is 1.63. The van der Waals surface area contributed by atoms with E-state index in [1.165, 1.54) is 6.33 Å². The van der Waals surface area contributed by atoms with Crippen LogP contribution < -0.4 is 0 Å². The number of likely N-dealkylation sites (tertiary alicyclic amines) is 1. The zero-order chi connectivity index (χ0) is 13.8. The lowest BCUT2D eigenvalue weighted by atomic mass is 10.1. The van der Waals surface area contributed by atoms with Crippen molar-refractivity contribution in [3.05, 3.63) is 42.9 Å². The molecule has 1 aliphatic heterocycles. The van der Waals surface area contributed by atoms with E-state index in [2.05, 4.69) is 10.1 Å². The van der Waals surface area contributed by atoms with Gasteiger partial charge in [0.1, 0.15) is 18.4 Å². The van der Waals surface area contributed by atoms with Crippen LogP contribution in [0.3, 0.4) is 0 Å². The fourth-order valence-corrected chi connectivity index (χ4v) is 2.42. The van der Waals surface area contributed by atoms with Crippen LogP contribution in [0.5, 0.6) is 0 Å². The topological polar surface area (TPSA) is 64.2 Å². The summed E-state index contributed by atoms with van der Waals surface area (Å²) in [7, 11) is 0. The Morgan fingerprint density at radius 1 is 1.50 bits per heavy atom. The van der Waals surface area contributed by atoms with Gasteiger partial charge in [0.05, 0.1) is 12.3 Å².